The molecule has 0 amide bonds. The van der Waals surface area contributed by atoms with Crippen molar-refractivity contribution in [2.75, 3.05) is 0 Å². The maximum Gasteiger partial charge on any atom is 0.0725 e. The molecule has 0 spiro atoms. The van der Waals surface area contributed by atoms with Crippen molar-refractivity contribution in [3.8, 4) is 11.1 Å². The Morgan fingerprint density at radius 3 is 2.50 bits per heavy atom. The van der Waals surface area contributed by atoms with Gasteiger partial charge in [-0.3, -0.25) is 5.10 Å². The topological polar surface area (TPSA) is 28.7 Å². The van der Waals surface area contributed by atoms with Crippen LogP contribution in [0.3, 0.4) is 0 Å². The lowest BCUT2D eigenvalue weighted by atomic mass is 10.0. The number of benzene rings is 1. The highest BCUT2D eigenvalue weighted by atomic mass is 15.1. The summed E-state index contributed by atoms with van der Waals surface area (Å²) in [6, 6.07) is 10.3. The maximum absolute atomic E-state index is 4.27. The molecule has 0 aliphatic rings. The molecule has 0 radical (unpaired) electrons. The molecule has 14 heavy (non-hydrogen) atoms. The molecule has 0 saturated heterocycles. The van der Waals surface area contributed by atoms with E-state index in [1.165, 1.54) is 11.1 Å². The van der Waals surface area contributed by atoms with Crippen LogP contribution in [-0.2, 0) is 0 Å². The molecule has 2 heteroatoms. The molecule has 1 heterocycles. The number of aromatic amines is 1. The predicted octanol–water partition coefficient (Wildman–Crippen LogP) is 3.20. The number of hydrogen-bond donors (Lipinski definition) is 1. The number of hydrogen-bond acceptors (Lipinski definition) is 1. The fourth-order valence-electron chi connectivity index (χ4n) is 1.59. The summed E-state index contributed by atoms with van der Waals surface area (Å²) >= 11 is 0. The molecular weight excluding hydrogens is 172 g/mol. The number of nitrogens with one attached hydrogen (secondary N) is 1. The van der Waals surface area contributed by atoms with Gasteiger partial charge in [0.15, 0.2) is 0 Å². The highest BCUT2D eigenvalue weighted by Gasteiger charge is 2.10. The van der Waals surface area contributed by atoms with Gasteiger partial charge in [0.25, 0.3) is 0 Å². The molecule has 72 valence electrons. The van der Waals surface area contributed by atoms with Gasteiger partial charge in [-0.1, -0.05) is 44.2 Å². The zero-order valence-corrected chi connectivity index (χ0v) is 8.49. The molecular formula is C12H14N2. The highest BCUT2D eigenvalue weighted by Crippen LogP contribution is 2.26. The van der Waals surface area contributed by atoms with Gasteiger partial charge in [-0.25, -0.2) is 0 Å². The number of aromatic nitrogens is 2. The Morgan fingerprint density at radius 2 is 1.86 bits per heavy atom. The lowest BCUT2D eigenvalue weighted by molar-refractivity contribution is 0.812. The number of H-pyrrole nitrogens is 1. The maximum atomic E-state index is 4.27. The molecule has 1 aromatic heterocycles. The van der Waals surface area contributed by atoms with Gasteiger partial charge in [-0.2, -0.15) is 5.10 Å². The molecule has 1 aromatic carbocycles. The quantitative estimate of drug-likeness (QED) is 0.766. The van der Waals surface area contributed by atoms with E-state index >= 15 is 0 Å². The molecule has 2 rings (SSSR count). The number of nitrogens with zero attached hydrogens (tertiary/aromatic N) is 1. The van der Waals surface area contributed by atoms with E-state index < -0.39 is 0 Å². The van der Waals surface area contributed by atoms with Crippen LogP contribution >= 0.6 is 0 Å². The van der Waals surface area contributed by atoms with Gasteiger partial charge in [0.1, 0.15) is 0 Å². The molecule has 1 N–H and O–H groups in total. The summed E-state index contributed by atoms with van der Waals surface area (Å²) in [4.78, 5) is 0. The van der Waals surface area contributed by atoms with Crippen LogP contribution in [0.4, 0.5) is 0 Å². The Hall–Kier alpha value is -1.57. The van der Waals surface area contributed by atoms with Crippen LogP contribution in [0.2, 0.25) is 0 Å². The lowest BCUT2D eigenvalue weighted by Gasteiger charge is -2.04. The van der Waals surface area contributed by atoms with E-state index in [4.69, 9.17) is 0 Å². The summed E-state index contributed by atoms with van der Waals surface area (Å²) in [6.07, 6.45) is 1.96. The van der Waals surface area contributed by atoms with Gasteiger partial charge >= 0.3 is 0 Å². The Kier molecular flexibility index (Phi) is 2.35. The largest absolute Gasteiger partial charge is 0.285 e. The Morgan fingerprint density at radius 1 is 1.14 bits per heavy atom. The van der Waals surface area contributed by atoms with Crippen LogP contribution in [0.1, 0.15) is 25.5 Å². The fraction of sp³-hybridized carbons (Fsp3) is 0.250. The second kappa shape index (κ2) is 3.66. The van der Waals surface area contributed by atoms with Crippen molar-refractivity contribution in [3.05, 3.63) is 42.2 Å². The SMILES string of the molecule is CC(C)c1n[nH]cc1-c1ccccc1. The molecule has 0 atom stereocenters. The van der Waals surface area contributed by atoms with Gasteiger partial charge < -0.3 is 0 Å². The first-order valence-corrected chi connectivity index (χ1v) is 4.88. The third kappa shape index (κ3) is 1.55. The smallest absolute Gasteiger partial charge is 0.0725 e. The van der Waals surface area contributed by atoms with Crippen LogP contribution < -0.4 is 0 Å². The Labute approximate surface area is 84.0 Å². The fourth-order valence-corrected chi connectivity index (χ4v) is 1.59. The molecule has 2 nitrogen and oxygen atoms in total. The first-order chi connectivity index (χ1) is 6.79. The van der Waals surface area contributed by atoms with Crippen LogP contribution in [0.25, 0.3) is 11.1 Å². The van der Waals surface area contributed by atoms with Crippen molar-refractivity contribution < 1.29 is 0 Å². The molecule has 0 fully saturated rings. The summed E-state index contributed by atoms with van der Waals surface area (Å²) < 4.78 is 0. The second-order valence-electron chi connectivity index (χ2n) is 3.70. The van der Waals surface area contributed by atoms with E-state index in [9.17, 15) is 0 Å². The second-order valence-corrected chi connectivity index (χ2v) is 3.70. The van der Waals surface area contributed by atoms with Crippen molar-refractivity contribution in [2.45, 2.75) is 19.8 Å². The molecule has 0 bridgehead atoms. The van der Waals surface area contributed by atoms with Gasteiger partial charge in [0, 0.05) is 11.8 Å². The zero-order valence-electron chi connectivity index (χ0n) is 8.49. The first-order valence-electron chi connectivity index (χ1n) is 4.88. The van der Waals surface area contributed by atoms with Crippen molar-refractivity contribution in [2.24, 2.45) is 0 Å². The molecule has 2 aromatic rings. The van der Waals surface area contributed by atoms with Crippen molar-refractivity contribution in [3.63, 3.8) is 0 Å². The summed E-state index contributed by atoms with van der Waals surface area (Å²) in [7, 11) is 0. The standard InChI is InChI=1S/C12H14N2/c1-9(2)12-11(8-13-14-12)10-6-4-3-5-7-10/h3-9H,1-2H3,(H,13,14). The number of rotatable bonds is 2. The predicted molar refractivity (Wildman–Crippen MR) is 58.1 cm³/mol. The first kappa shape index (κ1) is 9.00. The van der Waals surface area contributed by atoms with E-state index in [1.54, 1.807) is 0 Å². The van der Waals surface area contributed by atoms with E-state index in [0.29, 0.717) is 5.92 Å². The summed E-state index contributed by atoms with van der Waals surface area (Å²) in [5.41, 5.74) is 3.57. The van der Waals surface area contributed by atoms with Gasteiger partial charge in [0.2, 0.25) is 0 Å². The third-order valence-corrected chi connectivity index (χ3v) is 2.30. The van der Waals surface area contributed by atoms with E-state index in [0.717, 1.165) is 5.69 Å². The van der Waals surface area contributed by atoms with Gasteiger partial charge in [-0.05, 0) is 11.5 Å². The third-order valence-electron chi connectivity index (χ3n) is 2.30. The monoisotopic (exact) mass is 186 g/mol. The summed E-state index contributed by atoms with van der Waals surface area (Å²) in [5, 5.41) is 7.20. The normalized spacial score (nSPS) is 10.8. The van der Waals surface area contributed by atoms with Crippen molar-refractivity contribution >= 4 is 0 Å². The average molecular weight is 186 g/mol. The van der Waals surface area contributed by atoms with E-state index in [2.05, 4.69) is 36.2 Å². The summed E-state index contributed by atoms with van der Waals surface area (Å²) in [5.74, 6) is 0.455. The van der Waals surface area contributed by atoms with Crippen LogP contribution in [0.15, 0.2) is 36.5 Å². The van der Waals surface area contributed by atoms with Crippen LogP contribution in [-0.4, -0.2) is 10.2 Å². The molecule has 0 saturated carbocycles. The molecule has 0 unspecified atom stereocenters. The summed E-state index contributed by atoms with van der Waals surface area (Å²) in [6.45, 7) is 4.31. The minimum atomic E-state index is 0.455. The van der Waals surface area contributed by atoms with Gasteiger partial charge in [-0.15, -0.1) is 0 Å². The minimum absolute atomic E-state index is 0.455. The van der Waals surface area contributed by atoms with E-state index in [1.807, 2.05) is 24.4 Å². The van der Waals surface area contributed by atoms with Crippen molar-refractivity contribution in [1.29, 1.82) is 0 Å². The minimum Gasteiger partial charge on any atom is -0.285 e. The zero-order chi connectivity index (χ0) is 9.97. The van der Waals surface area contributed by atoms with Crippen LogP contribution in [0.5, 0.6) is 0 Å². The Balaban J connectivity index is 2.47. The van der Waals surface area contributed by atoms with Gasteiger partial charge in [0.05, 0.1) is 5.69 Å². The molecule has 0 aliphatic carbocycles. The molecule has 0 aliphatic heterocycles. The highest BCUT2D eigenvalue weighted by molar-refractivity contribution is 5.65. The lowest BCUT2D eigenvalue weighted by Crippen LogP contribution is -1.90. The Bertz CT molecular complexity index is 401. The van der Waals surface area contributed by atoms with E-state index in [-0.39, 0.29) is 0 Å². The average Bonchev–Trinajstić information content (AvgIpc) is 2.67. The van der Waals surface area contributed by atoms with Crippen LogP contribution in [0, 0.1) is 0 Å². The van der Waals surface area contributed by atoms with Crippen molar-refractivity contribution in [1.82, 2.24) is 10.2 Å².